The van der Waals surface area contributed by atoms with Crippen LogP contribution >= 0.6 is 22.9 Å². The second kappa shape index (κ2) is 5.28. The van der Waals surface area contributed by atoms with Crippen molar-refractivity contribution < 1.29 is 4.79 Å². The van der Waals surface area contributed by atoms with Crippen molar-refractivity contribution in [3.63, 3.8) is 0 Å². The maximum absolute atomic E-state index is 11.5. The molecule has 100 valence electrons. The summed E-state index contributed by atoms with van der Waals surface area (Å²) in [6.45, 7) is 0. The second-order valence-corrected chi connectivity index (χ2v) is 5.85. The van der Waals surface area contributed by atoms with Crippen LogP contribution in [0.1, 0.15) is 16.7 Å². The van der Waals surface area contributed by atoms with Gasteiger partial charge in [0.25, 0.3) is 0 Å². The summed E-state index contributed by atoms with van der Waals surface area (Å²) in [5.74, 6) is -0.389. The fraction of sp³-hybridized carbons (Fsp3) is 0.200. The molecule has 1 heterocycles. The summed E-state index contributed by atoms with van der Waals surface area (Å²) in [5.41, 5.74) is 4.08. The van der Waals surface area contributed by atoms with E-state index in [0.717, 1.165) is 23.3 Å². The maximum atomic E-state index is 11.5. The van der Waals surface area contributed by atoms with Crippen LogP contribution in [0.4, 0.5) is 5.00 Å². The van der Waals surface area contributed by atoms with Crippen LogP contribution in [0.5, 0.6) is 0 Å². The fourth-order valence-corrected chi connectivity index (χ4v) is 3.85. The number of rotatable bonds is 2. The molecule has 0 unspecified atom stereocenters. The zero-order chi connectivity index (χ0) is 14.1. The van der Waals surface area contributed by atoms with Crippen molar-refractivity contribution in [2.75, 3.05) is 11.2 Å². The van der Waals surface area contributed by atoms with Crippen molar-refractivity contribution in [2.24, 2.45) is 0 Å². The van der Waals surface area contributed by atoms with Gasteiger partial charge in [0.15, 0.2) is 0 Å². The lowest BCUT2D eigenvalue weighted by Crippen LogP contribution is -2.12. The number of nitrogens with one attached hydrogen (secondary N) is 1. The lowest BCUT2D eigenvalue weighted by atomic mass is 9.90. The Morgan fingerprint density at radius 2 is 2.20 bits per heavy atom. The largest absolute Gasteiger partial charge is 0.316 e. The van der Waals surface area contributed by atoms with E-state index in [1.165, 1.54) is 22.5 Å². The lowest BCUT2D eigenvalue weighted by molar-refractivity contribution is -0.113. The SMILES string of the molecule is N#Cc1c(NC(=O)CCl)sc2c1CCc1ccccc1-2. The topological polar surface area (TPSA) is 52.9 Å². The molecule has 5 heteroatoms. The standard InChI is InChI=1S/C15H11ClN2OS/c16-7-13(19)18-15-12(8-17)11-6-5-9-3-1-2-4-10(9)14(11)20-15/h1-4H,5-7H2,(H,18,19). The highest BCUT2D eigenvalue weighted by molar-refractivity contribution is 7.20. The van der Waals surface area contributed by atoms with Crippen LogP contribution in [0.2, 0.25) is 0 Å². The molecule has 1 N–H and O–H groups in total. The molecule has 0 fully saturated rings. The lowest BCUT2D eigenvalue weighted by Gasteiger charge is -2.15. The van der Waals surface area contributed by atoms with Crippen LogP contribution in [0.15, 0.2) is 24.3 Å². The number of thiophene rings is 1. The molecule has 1 aliphatic carbocycles. The zero-order valence-corrected chi connectivity index (χ0v) is 12.1. The molecule has 0 radical (unpaired) electrons. The molecule has 0 spiro atoms. The Bertz CT molecular complexity index is 730. The molecule has 3 rings (SSSR count). The van der Waals surface area contributed by atoms with Crippen molar-refractivity contribution in [1.29, 1.82) is 5.26 Å². The van der Waals surface area contributed by atoms with Crippen LogP contribution < -0.4 is 5.32 Å². The van der Waals surface area contributed by atoms with Gasteiger partial charge in [0.05, 0.1) is 5.56 Å². The molecule has 20 heavy (non-hydrogen) atoms. The van der Waals surface area contributed by atoms with Crippen LogP contribution in [-0.4, -0.2) is 11.8 Å². The molecule has 1 aliphatic rings. The smallest absolute Gasteiger partial charge is 0.239 e. The predicted octanol–water partition coefficient (Wildman–Crippen LogP) is 3.56. The summed E-state index contributed by atoms with van der Waals surface area (Å²) in [6, 6.07) is 10.4. The molecule has 1 aromatic carbocycles. The molecule has 0 saturated carbocycles. The number of aryl methyl sites for hydroxylation is 1. The third-order valence-electron chi connectivity index (χ3n) is 3.40. The minimum absolute atomic E-state index is 0.107. The van der Waals surface area contributed by atoms with Crippen LogP contribution in [0, 0.1) is 11.3 Å². The van der Waals surface area contributed by atoms with Gasteiger partial charge in [0.1, 0.15) is 17.0 Å². The summed E-state index contributed by atoms with van der Waals surface area (Å²) in [4.78, 5) is 12.6. The van der Waals surface area contributed by atoms with E-state index in [-0.39, 0.29) is 11.8 Å². The Balaban J connectivity index is 2.13. The Kier molecular flexibility index (Phi) is 3.47. The van der Waals surface area contributed by atoms with Gasteiger partial charge in [0, 0.05) is 4.88 Å². The van der Waals surface area contributed by atoms with Crippen LogP contribution in [0.25, 0.3) is 10.4 Å². The third kappa shape index (κ3) is 2.09. The number of fused-ring (bicyclic) bond motifs is 3. The molecule has 0 saturated heterocycles. The zero-order valence-electron chi connectivity index (χ0n) is 10.6. The van der Waals surface area contributed by atoms with E-state index in [1.807, 2.05) is 12.1 Å². The van der Waals surface area contributed by atoms with E-state index in [1.54, 1.807) is 0 Å². The van der Waals surface area contributed by atoms with E-state index in [9.17, 15) is 10.1 Å². The number of alkyl halides is 1. The summed E-state index contributed by atoms with van der Waals surface area (Å²) in [7, 11) is 0. The number of nitrogens with zero attached hydrogens (tertiary/aromatic N) is 1. The first-order chi connectivity index (χ1) is 9.74. The molecule has 2 aromatic rings. The normalized spacial score (nSPS) is 12.2. The van der Waals surface area contributed by atoms with Gasteiger partial charge in [-0.15, -0.1) is 22.9 Å². The molecular weight excluding hydrogens is 292 g/mol. The van der Waals surface area contributed by atoms with Gasteiger partial charge in [-0.25, -0.2) is 0 Å². The number of carbonyl (C=O) groups is 1. The number of carbonyl (C=O) groups excluding carboxylic acids is 1. The number of hydrogen-bond acceptors (Lipinski definition) is 3. The first-order valence-corrected chi connectivity index (χ1v) is 7.59. The molecule has 1 aromatic heterocycles. The van der Waals surface area contributed by atoms with Gasteiger partial charge in [-0.3, -0.25) is 4.79 Å². The van der Waals surface area contributed by atoms with Gasteiger partial charge in [-0.1, -0.05) is 24.3 Å². The Morgan fingerprint density at radius 1 is 1.40 bits per heavy atom. The van der Waals surface area contributed by atoms with E-state index in [4.69, 9.17) is 11.6 Å². The van der Waals surface area contributed by atoms with E-state index >= 15 is 0 Å². The third-order valence-corrected chi connectivity index (χ3v) is 4.82. The summed E-state index contributed by atoms with van der Waals surface area (Å²) < 4.78 is 0. The molecule has 3 nitrogen and oxygen atoms in total. The highest BCUT2D eigenvalue weighted by Crippen LogP contribution is 2.44. The fourth-order valence-electron chi connectivity index (χ4n) is 2.51. The quantitative estimate of drug-likeness (QED) is 0.862. The summed E-state index contributed by atoms with van der Waals surface area (Å²) in [6.07, 6.45) is 1.76. The molecule has 1 amide bonds. The van der Waals surface area contributed by atoms with E-state index < -0.39 is 0 Å². The first-order valence-electron chi connectivity index (χ1n) is 6.24. The number of anilines is 1. The van der Waals surface area contributed by atoms with Crippen molar-refractivity contribution >= 4 is 33.8 Å². The average molecular weight is 303 g/mol. The predicted molar refractivity (Wildman–Crippen MR) is 81.2 cm³/mol. The number of nitriles is 1. The van der Waals surface area contributed by atoms with Gasteiger partial charge in [-0.05, 0) is 29.5 Å². The minimum atomic E-state index is -0.282. The Hall–Kier alpha value is -1.83. The van der Waals surface area contributed by atoms with Gasteiger partial charge >= 0.3 is 0 Å². The number of amides is 1. The van der Waals surface area contributed by atoms with Crippen molar-refractivity contribution in [3.8, 4) is 16.5 Å². The van der Waals surface area contributed by atoms with Crippen LogP contribution in [-0.2, 0) is 17.6 Å². The average Bonchev–Trinajstić information content (AvgIpc) is 2.84. The monoisotopic (exact) mass is 302 g/mol. The van der Waals surface area contributed by atoms with E-state index in [2.05, 4.69) is 23.5 Å². The maximum Gasteiger partial charge on any atom is 0.239 e. The van der Waals surface area contributed by atoms with Crippen molar-refractivity contribution in [2.45, 2.75) is 12.8 Å². The van der Waals surface area contributed by atoms with E-state index in [0.29, 0.717) is 10.6 Å². The second-order valence-electron chi connectivity index (χ2n) is 4.56. The van der Waals surface area contributed by atoms with Gasteiger partial charge in [-0.2, -0.15) is 5.26 Å². The number of benzene rings is 1. The molecule has 0 aliphatic heterocycles. The number of hydrogen-bond donors (Lipinski definition) is 1. The highest BCUT2D eigenvalue weighted by Gasteiger charge is 2.24. The Morgan fingerprint density at radius 3 is 2.95 bits per heavy atom. The summed E-state index contributed by atoms with van der Waals surface area (Å²) in [5, 5.41) is 12.7. The Labute approximate surface area is 125 Å². The van der Waals surface area contributed by atoms with Gasteiger partial charge in [0.2, 0.25) is 5.91 Å². The van der Waals surface area contributed by atoms with Crippen LogP contribution in [0.3, 0.4) is 0 Å². The molecular formula is C15H11ClN2OS. The van der Waals surface area contributed by atoms with Gasteiger partial charge < -0.3 is 5.32 Å². The molecule has 0 bridgehead atoms. The minimum Gasteiger partial charge on any atom is -0.316 e. The highest BCUT2D eigenvalue weighted by atomic mass is 35.5. The molecule has 0 atom stereocenters. The van der Waals surface area contributed by atoms with Crippen molar-refractivity contribution in [1.82, 2.24) is 0 Å². The van der Waals surface area contributed by atoms with Crippen molar-refractivity contribution in [3.05, 3.63) is 41.0 Å². The summed E-state index contributed by atoms with van der Waals surface area (Å²) >= 11 is 6.97. The first kappa shape index (κ1) is 13.2. The number of halogens is 1.